The Kier molecular flexibility index (Phi) is 3.78. The Morgan fingerprint density at radius 2 is 2.38 bits per heavy atom. The molecule has 0 fully saturated rings. The third-order valence-corrected chi connectivity index (χ3v) is 0.649. The van der Waals surface area contributed by atoms with Crippen molar-refractivity contribution in [3.05, 3.63) is 12.7 Å². The van der Waals surface area contributed by atoms with Crippen LogP contribution in [0.1, 0.15) is 0 Å². The molecule has 8 heavy (non-hydrogen) atoms. The Morgan fingerprint density at radius 1 is 1.75 bits per heavy atom. The highest BCUT2D eigenvalue weighted by Crippen LogP contribution is 1.58. The van der Waals surface area contributed by atoms with Crippen molar-refractivity contribution in [1.82, 2.24) is 5.32 Å². The van der Waals surface area contributed by atoms with Crippen molar-refractivity contribution >= 4 is 22.7 Å². The second kappa shape index (κ2) is 4.26. The first-order valence-corrected chi connectivity index (χ1v) is 2.65. The molecule has 1 N–H and O–H groups in total. The van der Waals surface area contributed by atoms with Gasteiger partial charge in [-0.1, -0.05) is 6.58 Å². The van der Waals surface area contributed by atoms with E-state index in [1.165, 1.54) is 0 Å². The molecule has 0 rings (SSSR count). The van der Waals surface area contributed by atoms with Gasteiger partial charge in [-0.05, 0) is 6.08 Å². The topological polar surface area (TPSA) is 46.2 Å². The third kappa shape index (κ3) is 3.30. The molecule has 0 saturated carbocycles. The van der Waals surface area contributed by atoms with Crippen LogP contribution in [0.2, 0.25) is 0 Å². The van der Waals surface area contributed by atoms with Crippen molar-refractivity contribution in [3.63, 3.8) is 0 Å². The Morgan fingerprint density at radius 3 is 2.75 bits per heavy atom. The zero-order valence-electron chi connectivity index (χ0n) is 4.09. The van der Waals surface area contributed by atoms with Gasteiger partial charge in [0.1, 0.15) is 11.3 Å². The smallest absolute Gasteiger partial charge is 0.247 e. The molecule has 0 unspecified atom stereocenters. The predicted molar refractivity (Wildman–Crippen MR) is 32.5 cm³/mol. The second-order valence-electron chi connectivity index (χ2n) is 0.927. The van der Waals surface area contributed by atoms with Crippen molar-refractivity contribution in [2.24, 2.45) is 0 Å². The molecule has 4 heteroatoms. The third-order valence-electron chi connectivity index (χ3n) is 0.435. The Bertz CT molecular complexity index is 148. The fourth-order valence-electron chi connectivity index (χ4n) is 0.141. The molecule has 0 bridgehead atoms. The first kappa shape index (κ1) is 7.10. The van der Waals surface area contributed by atoms with Crippen molar-refractivity contribution in [3.8, 4) is 0 Å². The van der Waals surface area contributed by atoms with Gasteiger partial charge in [-0.2, -0.15) is 0 Å². The molecule has 0 aliphatic heterocycles. The van der Waals surface area contributed by atoms with Crippen molar-refractivity contribution in [2.75, 3.05) is 0 Å². The Balaban J connectivity index is 3.55. The molecule has 1 amide bonds. The van der Waals surface area contributed by atoms with E-state index in [1.54, 1.807) is 0 Å². The molecule has 3 nitrogen and oxygen atoms in total. The molecule has 0 spiro atoms. The van der Waals surface area contributed by atoms with Crippen LogP contribution in [0.25, 0.3) is 0 Å². The van der Waals surface area contributed by atoms with E-state index in [4.69, 9.17) is 0 Å². The van der Waals surface area contributed by atoms with E-state index in [0.29, 0.717) is 0 Å². The summed E-state index contributed by atoms with van der Waals surface area (Å²) >= 11 is 0.191. The fraction of sp³-hybridized carbons (Fsp3) is 0. The maximum Gasteiger partial charge on any atom is 0.247 e. The summed E-state index contributed by atoms with van der Waals surface area (Å²) in [6, 6.07) is 0. The quantitative estimate of drug-likeness (QED) is 0.396. The van der Waals surface area contributed by atoms with E-state index >= 15 is 0 Å². The highest BCUT2D eigenvalue weighted by atomic mass is 32.1. The molecule has 0 aliphatic carbocycles. The van der Waals surface area contributed by atoms with Crippen LogP contribution in [0.5, 0.6) is 0 Å². The average molecular weight is 131 g/mol. The molecule has 0 aromatic heterocycles. The highest BCUT2D eigenvalue weighted by molar-refractivity contribution is 7.64. The zero-order chi connectivity index (χ0) is 6.41. The lowest BCUT2D eigenvalue weighted by Gasteiger charge is -1.83. The monoisotopic (exact) mass is 131 g/mol. The summed E-state index contributed by atoms with van der Waals surface area (Å²) in [4.78, 5) is 10.2. The van der Waals surface area contributed by atoms with Gasteiger partial charge in [0.2, 0.25) is 5.91 Å². The molecular weight excluding hydrogens is 126 g/mol. The van der Waals surface area contributed by atoms with E-state index in [9.17, 15) is 9.00 Å². The van der Waals surface area contributed by atoms with Gasteiger partial charge in [-0.15, -0.1) is 0 Å². The van der Waals surface area contributed by atoms with Crippen LogP contribution in [0, 0.1) is 0 Å². The summed E-state index contributed by atoms with van der Waals surface area (Å²) in [5, 5.41) is 2.15. The molecule has 0 atom stereocenters. The van der Waals surface area contributed by atoms with E-state index in [2.05, 4.69) is 11.9 Å². The largest absolute Gasteiger partial charge is 0.318 e. The van der Waals surface area contributed by atoms with E-state index < -0.39 is 0 Å². The van der Waals surface area contributed by atoms with Crippen molar-refractivity contribution in [1.29, 1.82) is 0 Å². The van der Waals surface area contributed by atoms with Crippen LogP contribution in [0.3, 0.4) is 0 Å². The van der Waals surface area contributed by atoms with Gasteiger partial charge in [0.05, 0.1) is 5.49 Å². The average Bonchev–Trinajstić information content (AvgIpc) is 1.83. The van der Waals surface area contributed by atoms with Crippen molar-refractivity contribution in [2.45, 2.75) is 0 Å². The van der Waals surface area contributed by atoms with Gasteiger partial charge in [0, 0.05) is 0 Å². The SMILES string of the molecule is C=CC(=O)NC=S=O. The van der Waals surface area contributed by atoms with Crippen LogP contribution >= 0.6 is 0 Å². The highest BCUT2D eigenvalue weighted by Gasteiger charge is 1.83. The summed E-state index contributed by atoms with van der Waals surface area (Å²) in [5.41, 5.74) is 1.05. The molecule has 0 aliphatic rings. The lowest BCUT2D eigenvalue weighted by atomic mass is 10.6. The lowest BCUT2D eigenvalue weighted by molar-refractivity contribution is -0.115. The molecular formula is C4H5NO2S. The first-order valence-electron chi connectivity index (χ1n) is 1.84. The fourth-order valence-corrected chi connectivity index (χ4v) is 0.305. The molecule has 0 saturated heterocycles. The minimum atomic E-state index is -0.367. The zero-order valence-corrected chi connectivity index (χ0v) is 4.90. The van der Waals surface area contributed by atoms with E-state index in [-0.39, 0.29) is 17.2 Å². The van der Waals surface area contributed by atoms with Gasteiger partial charge >= 0.3 is 0 Å². The van der Waals surface area contributed by atoms with Gasteiger partial charge in [-0.3, -0.25) is 4.79 Å². The normalized spacial score (nSPS) is 7.00. The number of carbonyl (C=O) groups is 1. The summed E-state index contributed by atoms with van der Waals surface area (Å²) in [6.45, 7) is 3.17. The van der Waals surface area contributed by atoms with Crippen molar-refractivity contribution < 1.29 is 9.00 Å². The first-order chi connectivity index (χ1) is 3.81. The second-order valence-corrected chi connectivity index (χ2v) is 1.35. The van der Waals surface area contributed by atoms with Crippen LogP contribution < -0.4 is 5.32 Å². The number of hydrogen-bond acceptors (Lipinski definition) is 2. The van der Waals surface area contributed by atoms with Gasteiger partial charge < -0.3 is 5.32 Å². The van der Waals surface area contributed by atoms with E-state index in [0.717, 1.165) is 11.6 Å². The standard InChI is InChI=1S/C4H5NO2S/c1-2-4(6)5-3-8-7/h2-3H,1H2,(H,5,6). The molecule has 0 heterocycles. The number of amides is 1. The van der Waals surface area contributed by atoms with Crippen LogP contribution in [0.15, 0.2) is 12.7 Å². The Hall–Kier alpha value is -0.900. The summed E-state index contributed by atoms with van der Waals surface area (Å²) in [6.07, 6.45) is 1.09. The van der Waals surface area contributed by atoms with Gasteiger partial charge in [0.15, 0.2) is 0 Å². The van der Waals surface area contributed by atoms with Crippen LogP contribution in [0.4, 0.5) is 0 Å². The predicted octanol–water partition coefficient (Wildman–Crippen LogP) is -0.739. The lowest BCUT2D eigenvalue weighted by Crippen LogP contribution is -2.17. The van der Waals surface area contributed by atoms with Crippen LogP contribution in [-0.2, 0) is 16.1 Å². The minimum Gasteiger partial charge on any atom is -0.318 e. The number of hydrogen-bond donors (Lipinski definition) is 1. The summed E-state index contributed by atoms with van der Waals surface area (Å²) < 4.78 is 9.56. The summed E-state index contributed by atoms with van der Waals surface area (Å²) in [7, 11) is 0. The minimum absolute atomic E-state index is 0.191. The number of rotatable bonds is 2. The van der Waals surface area contributed by atoms with Crippen LogP contribution in [-0.4, -0.2) is 15.6 Å². The molecule has 44 valence electrons. The van der Waals surface area contributed by atoms with Gasteiger partial charge in [0.25, 0.3) is 0 Å². The number of nitrogens with one attached hydrogen (secondary N) is 1. The Labute approximate surface area is 50.5 Å². The molecule has 0 radical (unpaired) electrons. The molecule has 0 aromatic carbocycles. The maximum atomic E-state index is 10.2. The number of carbonyl (C=O) groups excluding carboxylic acids is 1. The van der Waals surface area contributed by atoms with E-state index in [1.807, 2.05) is 0 Å². The maximum absolute atomic E-state index is 10.2. The molecule has 0 aromatic rings. The summed E-state index contributed by atoms with van der Waals surface area (Å²) in [5.74, 6) is -0.367. The van der Waals surface area contributed by atoms with Gasteiger partial charge in [-0.25, -0.2) is 4.21 Å².